The number of hydrogen-bond acceptors (Lipinski definition) is 7. The van der Waals surface area contributed by atoms with Gasteiger partial charge in [-0.25, -0.2) is 0 Å². The Morgan fingerprint density at radius 2 is 2.00 bits per heavy atom. The lowest BCUT2D eigenvalue weighted by atomic mass is 9.97. The van der Waals surface area contributed by atoms with E-state index in [1.54, 1.807) is 24.0 Å². The van der Waals surface area contributed by atoms with E-state index in [0.29, 0.717) is 31.5 Å². The van der Waals surface area contributed by atoms with E-state index in [4.69, 9.17) is 9.15 Å². The molecule has 0 atom stereocenters. The zero-order chi connectivity index (χ0) is 21.7. The maximum atomic E-state index is 12.2. The topological polar surface area (TPSA) is 132 Å². The third-order valence-corrected chi connectivity index (χ3v) is 4.88. The molecule has 1 aromatic heterocycles. The van der Waals surface area contributed by atoms with Crippen LogP contribution in [0.25, 0.3) is 0 Å². The summed E-state index contributed by atoms with van der Waals surface area (Å²) in [7, 11) is 0. The minimum atomic E-state index is -0.591. The molecule has 10 nitrogen and oxygen atoms in total. The number of esters is 1. The molecular formula is C20H21N3O7. The largest absolute Gasteiger partial charge is 0.459 e. The Hall–Kier alpha value is -3.69. The van der Waals surface area contributed by atoms with Crippen LogP contribution in [0.5, 0.6) is 0 Å². The highest BCUT2D eigenvalue weighted by atomic mass is 16.6. The van der Waals surface area contributed by atoms with Crippen molar-refractivity contribution < 1.29 is 28.5 Å². The predicted molar refractivity (Wildman–Crippen MR) is 105 cm³/mol. The Morgan fingerprint density at radius 3 is 2.63 bits per heavy atom. The van der Waals surface area contributed by atoms with Gasteiger partial charge in [-0.15, -0.1) is 0 Å². The van der Waals surface area contributed by atoms with Gasteiger partial charge in [-0.1, -0.05) is 6.07 Å². The molecule has 2 heterocycles. The second kappa shape index (κ2) is 9.21. The van der Waals surface area contributed by atoms with Crippen molar-refractivity contribution in [2.45, 2.75) is 19.8 Å². The average molecular weight is 415 g/mol. The number of hydrogen-bond donors (Lipinski definition) is 1. The van der Waals surface area contributed by atoms with Gasteiger partial charge in [0.2, 0.25) is 0 Å². The highest BCUT2D eigenvalue weighted by Gasteiger charge is 2.30. The van der Waals surface area contributed by atoms with Crippen molar-refractivity contribution in [1.82, 2.24) is 4.90 Å². The third kappa shape index (κ3) is 5.02. The van der Waals surface area contributed by atoms with Crippen molar-refractivity contribution >= 4 is 29.2 Å². The summed E-state index contributed by atoms with van der Waals surface area (Å²) in [6.45, 7) is 1.88. The number of nitro groups is 1. The number of likely N-dealkylation sites (tertiary alicyclic amines) is 1. The minimum Gasteiger partial charge on any atom is -0.459 e. The Labute approximate surface area is 171 Å². The van der Waals surface area contributed by atoms with E-state index in [-0.39, 0.29) is 23.0 Å². The van der Waals surface area contributed by atoms with E-state index in [9.17, 15) is 24.5 Å². The quantitative estimate of drug-likeness (QED) is 0.435. The molecule has 30 heavy (non-hydrogen) atoms. The molecule has 2 aromatic rings. The van der Waals surface area contributed by atoms with Crippen LogP contribution in [0.4, 0.5) is 11.4 Å². The fourth-order valence-corrected chi connectivity index (χ4v) is 3.21. The number of piperidine rings is 1. The van der Waals surface area contributed by atoms with Crippen molar-refractivity contribution in [3.05, 3.63) is 58.0 Å². The van der Waals surface area contributed by atoms with Crippen LogP contribution in [-0.4, -0.2) is 47.3 Å². The van der Waals surface area contributed by atoms with Gasteiger partial charge in [0.05, 0.1) is 17.1 Å². The van der Waals surface area contributed by atoms with Crippen LogP contribution in [0.15, 0.2) is 41.0 Å². The van der Waals surface area contributed by atoms with Crippen molar-refractivity contribution in [3.63, 3.8) is 0 Å². The summed E-state index contributed by atoms with van der Waals surface area (Å²) in [6.07, 6.45) is 2.28. The number of anilines is 1. The van der Waals surface area contributed by atoms with Crippen molar-refractivity contribution in [1.29, 1.82) is 0 Å². The second-order valence-electron chi connectivity index (χ2n) is 6.96. The molecule has 0 radical (unpaired) electrons. The first-order valence-corrected chi connectivity index (χ1v) is 9.39. The normalized spacial score (nSPS) is 14.2. The van der Waals surface area contributed by atoms with Crippen LogP contribution in [0.2, 0.25) is 0 Å². The summed E-state index contributed by atoms with van der Waals surface area (Å²) in [4.78, 5) is 48.5. The van der Waals surface area contributed by atoms with Crippen LogP contribution >= 0.6 is 0 Å². The maximum absolute atomic E-state index is 12.2. The van der Waals surface area contributed by atoms with Crippen LogP contribution < -0.4 is 5.32 Å². The number of rotatable bonds is 6. The Balaban J connectivity index is 1.45. The number of benzene rings is 1. The summed E-state index contributed by atoms with van der Waals surface area (Å²) < 4.78 is 10.2. The van der Waals surface area contributed by atoms with Gasteiger partial charge in [0.15, 0.2) is 12.4 Å². The standard InChI is InChI=1S/C20H21N3O7/c1-13-4-5-15(11-16(13)23(27)28)21-18(24)12-30-20(26)14-6-8-22(9-7-14)19(25)17-3-2-10-29-17/h2-5,10-11,14H,6-9,12H2,1H3,(H,21,24). The molecule has 1 saturated heterocycles. The van der Waals surface area contributed by atoms with E-state index < -0.39 is 29.3 Å². The molecule has 1 aliphatic rings. The maximum Gasteiger partial charge on any atom is 0.309 e. The first-order valence-electron chi connectivity index (χ1n) is 9.39. The number of nitro benzene ring substituents is 1. The molecule has 2 amide bonds. The Morgan fingerprint density at radius 1 is 1.27 bits per heavy atom. The van der Waals surface area contributed by atoms with Gasteiger partial charge in [-0.05, 0) is 38.0 Å². The zero-order valence-electron chi connectivity index (χ0n) is 16.3. The molecule has 10 heteroatoms. The van der Waals surface area contributed by atoms with E-state index in [2.05, 4.69) is 5.32 Å². The van der Waals surface area contributed by atoms with E-state index in [0.717, 1.165) is 0 Å². The molecule has 158 valence electrons. The molecule has 0 unspecified atom stereocenters. The Kier molecular flexibility index (Phi) is 6.45. The molecular weight excluding hydrogens is 394 g/mol. The van der Waals surface area contributed by atoms with Crippen LogP contribution in [0.1, 0.15) is 29.0 Å². The van der Waals surface area contributed by atoms with Gasteiger partial charge in [-0.2, -0.15) is 0 Å². The molecule has 0 saturated carbocycles. The molecule has 1 aromatic carbocycles. The summed E-state index contributed by atoms with van der Waals surface area (Å²) in [5.41, 5.74) is 0.611. The lowest BCUT2D eigenvalue weighted by Gasteiger charge is -2.30. The lowest BCUT2D eigenvalue weighted by Crippen LogP contribution is -2.40. The van der Waals surface area contributed by atoms with Gasteiger partial charge < -0.3 is 19.4 Å². The van der Waals surface area contributed by atoms with Crippen LogP contribution in [0, 0.1) is 23.0 Å². The minimum absolute atomic E-state index is 0.111. The van der Waals surface area contributed by atoms with E-state index in [1.807, 2.05) is 0 Å². The van der Waals surface area contributed by atoms with E-state index in [1.165, 1.54) is 24.5 Å². The van der Waals surface area contributed by atoms with Crippen LogP contribution in [-0.2, 0) is 14.3 Å². The summed E-state index contributed by atoms with van der Waals surface area (Å²) in [5.74, 6) is -1.47. The molecule has 0 spiro atoms. The number of aryl methyl sites for hydroxylation is 1. The van der Waals surface area contributed by atoms with Gasteiger partial charge >= 0.3 is 5.97 Å². The van der Waals surface area contributed by atoms with Gasteiger partial charge in [-0.3, -0.25) is 24.5 Å². The van der Waals surface area contributed by atoms with Crippen LogP contribution in [0.3, 0.4) is 0 Å². The highest BCUT2D eigenvalue weighted by Crippen LogP contribution is 2.23. The molecule has 1 fully saturated rings. The zero-order valence-corrected chi connectivity index (χ0v) is 16.3. The summed E-state index contributed by atoms with van der Waals surface area (Å²) >= 11 is 0. The number of carbonyl (C=O) groups excluding carboxylic acids is 3. The number of furan rings is 1. The highest BCUT2D eigenvalue weighted by molar-refractivity contribution is 5.93. The lowest BCUT2D eigenvalue weighted by molar-refractivity contribution is -0.385. The number of ether oxygens (including phenoxy) is 1. The van der Waals surface area contributed by atoms with E-state index >= 15 is 0 Å². The van der Waals surface area contributed by atoms with Crippen molar-refractivity contribution in [3.8, 4) is 0 Å². The predicted octanol–water partition coefficient (Wildman–Crippen LogP) is 2.53. The number of amides is 2. The summed E-state index contributed by atoms with van der Waals surface area (Å²) in [5, 5.41) is 13.5. The third-order valence-electron chi connectivity index (χ3n) is 4.88. The second-order valence-corrected chi connectivity index (χ2v) is 6.96. The van der Waals surface area contributed by atoms with Gasteiger partial charge in [0, 0.05) is 30.4 Å². The SMILES string of the molecule is Cc1ccc(NC(=O)COC(=O)C2CCN(C(=O)c3ccco3)CC2)cc1[N+](=O)[O-]. The van der Waals surface area contributed by atoms with Gasteiger partial charge in [0.25, 0.3) is 17.5 Å². The molecule has 1 N–H and O–H groups in total. The fraction of sp³-hybridized carbons (Fsp3) is 0.350. The number of nitrogens with one attached hydrogen (secondary N) is 1. The Bertz CT molecular complexity index is 947. The molecule has 3 rings (SSSR count). The molecule has 0 bridgehead atoms. The monoisotopic (exact) mass is 415 g/mol. The van der Waals surface area contributed by atoms with Crippen molar-refractivity contribution in [2.24, 2.45) is 5.92 Å². The number of carbonyl (C=O) groups is 3. The van der Waals surface area contributed by atoms with Crippen molar-refractivity contribution in [2.75, 3.05) is 25.0 Å². The summed E-state index contributed by atoms with van der Waals surface area (Å²) in [6, 6.07) is 7.54. The van der Waals surface area contributed by atoms with Gasteiger partial charge in [0.1, 0.15) is 0 Å². The molecule has 0 aliphatic carbocycles. The molecule has 1 aliphatic heterocycles. The number of nitrogens with zero attached hydrogens (tertiary/aromatic N) is 2. The smallest absolute Gasteiger partial charge is 0.309 e. The first-order chi connectivity index (χ1) is 14.3. The fourth-order valence-electron chi connectivity index (χ4n) is 3.21. The first kappa shape index (κ1) is 21.0. The average Bonchev–Trinajstić information content (AvgIpc) is 3.27.